The molecular formula is C30H29Cl3N4O4S. The molecule has 0 spiro atoms. The molecule has 0 bridgehead atoms. The fraction of sp³-hybridized carbons (Fsp3) is 0.300. The zero-order chi connectivity index (χ0) is 29.7. The van der Waals surface area contributed by atoms with Gasteiger partial charge in [-0.2, -0.15) is 5.10 Å². The van der Waals surface area contributed by atoms with Crippen molar-refractivity contribution in [2.75, 3.05) is 5.75 Å². The molecular weight excluding hydrogens is 619 g/mol. The van der Waals surface area contributed by atoms with E-state index in [0.29, 0.717) is 5.75 Å². The molecule has 3 aromatic carbocycles. The van der Waals surface area contributed by atoms with E-state index in [1.54, 1.807) is 11.8 Å². The van der Waals surface area contributed by atoms with Crippen molar-refractivity contribution in [2.24, 2.45) is 5.92 Å². The monoisotopic (exact) mass is 646 g/mol. The molecule has 0 saturated carbocycles. The minimum absolute atomic E-state index is 0.0171. The fourth-order valence-corrected chi connectivity index (χ4v) is 5.89. The third kappa shape index (κ3) is 7.65. The predicted molar refractivity (Wildman–Crippen MR) is 164 cm³/mol. The van der Waals surface area contributed by atoms with Gasteiger partial charge in [-0.05, 0) is 39.9 Å². The lowest BCUT2D eigenvalue weighted by molar-refractivity contribution is -0.268. The predicted octanol–water partition coefficient (Wildman–Crippen LogP) is 6.53. The Kier molecular flexibility index (Phi) is 10.1. The number of aliphatic hydroxyl groups excluding tert-OH is 1. The molecule has 1 aromatic heterocycles. The van der Waals surface area contributed by atoms with Gasteiger partial charge in [-0.1, -0.05) is 114 Å². The second kappa shape index (κ2) is 13.8. The molecule has 8 nitrogen and oxygen atoms in total. The van der Waals surface area contributed by atoms with Crippen molar-refractivity contribution in [2.45, 2.75) is 47.5 Å². The topological polar surface area (TPSA) is 109 Å². The zero-order valence-corrected chi connectivity index (χ0v) is 25.6. The van der Waals surface area contributed by atoms with Crippen LogP contribution in [0.3, 0.4) is 0 Å². The molecule has 1 aliphatic rings. The Bertz CT molecular complexity index is 1480. The number of carbonyl (C=O) groups is 1. The lowest BCUT2D eigenvalue weighted by Crippen LogP contribution is -2.38. The summed E-state index contributed by atoms with van der Waals surface area (Å²) < 4.78 is 11.1. The third-order valence-corrected chi connectivity index (χ3v) is 8.51. The maximum Gasteiger partial charge on any atom is 0.272 e. The van der Waals surface area contributed by atoms with Gasteiger partial charge >= 0.3 is 0 Å². The van der Waals surface area contributed by atoms with Crippen LogP contribution in [0.25, 0.3) is 11.1 Å². The van der Waals surface area contributed by atoms with E-state index in [4.69, 9.17) is 44.3 Å². The number of amides is 1. The van der Waals surface area contributed by atoms with E-state index < -0.39 is 16.0 Å². The van der Waals surface area contributed by atoms with Crippen LogP contribution in [0, 0.1) is 5.92 Å². The molecule has 3 N–H and O–H groups in total. The van der Waals surface area contributed by atoms with Gasteiger partial charge in [-0.15, -0.1) is 0 Å². The minimum Gasteiger partial charge on any atom is -0.392 e. The molecule has 220 valence electrons. The number of nitrogens with zero attached hydrogens (tertiary/aromatic N) is 2. The number of aliphatic hydroxyl groups is 1. The number of rotatable bonds is 9. The fourth-order valence-electron chi connectivity index (χ4n) is 4.74. The molecule has 1 fully saturated rings. The molecule has 4 atom stereocenters. The molecule has 2 heterocycles. The van der Waals surface area contributed by atoms with Crippen molar-refractivity contribution in [3.05, 3.63) is 101 Å². The maximum absolute atomic E-state index is 12.0. The highest BCUT2D eigenvalue weighted by Gasteiger charge is 2.38. The molecule has 4 unspecified atom stereocenters. The number of carbonyl (C=O) groups excluding carboxylic acids is 1. The number of aromatic nitrogens is 3. The Morgan fingerprint density at radius 2 is 1.74 bits per heavy atom. The summed E-state index contributed by atoms with van der Waals surface area (Å²) in [6.45, 7) is 2.32. The molecule has 1 aliphatic heterocycles. The van der Waals surface area contributed by atoms with Crippen LogP contribution in [0.1, 0.15) is 41.6 Å². The highest BCUT2D eigenvalue weighted by molar-refractivity contribution is 7.99. The average molecular weight is 648 g/mol. The number of hydrogen-bond acceptors (Lipinski definition) is 7. The highest BCUT2D eigenvalue weighted by atomic mass is 35.6. The van der Waals surface area contributed by atoms with Crippen molar-refractivity contribution in [3.63, 3.8) is 0 Å². The SMILES string of the molecule is CC1C(CSc2ncn[nH]2)OC(c2cccc(-c3cccc(CNC(=O)C(Cl)(Cl)Cl)c3)c2)OC1c1ccc(CO)cc1. The summed E-state index contributed by atoms with van der Waals surface area (Å²) in [7, 11) is 0. The standard InChI is InChI=1S/C30H29Cl3N4O4S/c1-18-25(16-42-29-35-17-36-37-29)40-27(41-26(18)21-10-8-19(15-38)9-11-21)24-7-3-6-23(13-24)22-5-2-4-20(12-22)14-34-28(39)30(31,32)33/h2-13,17-18,25-27,38H,14-16H2,1H3,(H,34,39)(H,35,36,37). The molecule has 5 rings (SSSR count). The minimum atomic E-state index is -2.02. The van der Waals surface area contributed by atoms with E-state index in [1.165, 1.54) is 6.33 Å². The number of H-pyrrole nitrogens is 1. The zero-order valence-electron chi connectivity index (χ0n) is 22.5. The molecule has 12 heteroatoms. The van der Waals surface area contributed by atoms with E-state index in [1.807, 2.05) is 72.8 Å². The first-order chi connectivity index (χ1) is 20.2. The van der Waals surface area contributed by atoms with Crippen LogP contribution in [0.5, 0.6) is 0 Å². The number of thioether (sulfide) groups is 1. The molecule has 1 saturated heterocycles. The van der Waals surface area contributed by atoms with Crippen molar-refractivity contribution in [1.29, 1.82) is 0 Å². The van der Waals surface area contributed by atoms with Crippen LogP contribution in [-0.2, 0) is 27.4 Å². The van der Waals surface area contributed by atoms with Crippen LogP contribution < -0.4 is 5.32 Å². The Morgan fingerprint density at radius 3 is 2.43 bits per heavy atom. The highest BCUT2D eigenvalue weighted by Crippen LogP contribution is 2.43. The first-order valence-corrected chi connectivity index (χ1v) is 15.4. The lowest BCUT2D eigenvalue weighted by Gasteiger charge is -2.41. The van der Waals surface area contributed by atoms with E-state index in [2.05, 4.69) is 27.4 Å². The van der Waals surface area contributed by atoms with Crippen LogP contribution in [0.15, 0.2) is 84.3 Å². The number of aromatic amines is 1. The Hall–Kier alpha value is -2.63. The number of halogens is 3. The smallest absolute Gasteiger partial charge is 0.272 e. The van der Waals surface area contributed by atoms with Crippen molar-refractivity contribution in [1.82, 2.24) is 20.5 Å². The van der Waals surface area contributed by atoms with Crippen molar-refractivity contribution >= 4 is 52.5 Å². The van der Waals surface area contributed by atoms with Crippen molar-refractivity contribution < 1.29 is 19.4 Å². The largest absolute Gasteiger partial charge is 0.392 e. The Balaban J connectivity index is 1.38. The van der Waals surface area contributed by atoms with Crippen LogP contribution in [0.2, 0.25) is 0 Å². The average Bonchev–Trinajstić information content (AvgIpc) is 3.53. The second-order valence-corrected chi connectivity index (χ2v) is 13.2. The lowest BCUT2D eigenvalue weighted by atomic mass is 9.91. The van der Waals surface area contributed by atoms with Gasteiger partial charge in [0.25, 0.3) is 9.70 Å². The van der Waals surface area contributed by atoms with Crippen molar-refractivity contribution in [3.8, 4) is 11.1 Å². The summed E-state index contributed by atoms with van der Waals surface area (Å²) in [6.07, 6.45) is 0.497. The van der Waals surface area contributed by atoms with E-state index in [0.717, 1.165) is 38.5 Å². The second-order valence-electron chi connectivity index (χ2n) is 9.93. The van der Waals surface area contributed by atoms with E-state index >= 15 is 0 Å². The van der Waals surface area contributed by atoms with E-state index in [9.17, 15) is 9.90 Å². The van der Waals surface area contributed by atoms with E-state index in [-0.39, 0.29) is 31.3 Å². The summed E-state index contributed by atoms with van der Waals surface area (Å²) in [6, 6.07) is 23.6. The maximum atomic E-state index is 12.0. The summed E-state index contributed by atoms with van der Waals surface area (Å²) in [5.74, 6) is 0.0139. The Labute approximate surface area is 263 Å². The summed E-state index contributed by atoms with van der Waals surface area (Å²) in [5, 5.41) is 19.7. The van der Waals surface area contributed by atoms with Gasteiger partial charge < -0.3 is 19.9 Å². The molecule has 4 aromatic rings. The van der Waals surface area contributed by atoms with Crippen LogP contribution >= 0.6 is 46.6 Å². The van der Waals surface area contributed by atoms with Crippen LogP contribution in [-0.4, -0.2) is 41.8 Å². The van der Waals surface area contributed by atoms with Gasteiger partial charge in [0.05, 0.1) is 18.8 Å². The molecule has 1 amide bonds. The summed E-state index contributed by atoms with van der Waals surface area (Å²) in [4.78, 5) is 16.2. The van der Waals surface area contributed by atoms with Gasteiger partial charge in [0.15, 0.2) is 11.4 Å². The quantitative estimate of drug-likeness (QED) is 0.140. The molecule has 42 heavy (non-hydrogen) atoms. The van der Waals surface area contributed by atoms with Gasteiger partial charge in [0.1, 0.15) is 6.33 Å². The number of nitrogens with one attached hydrogen (secondary N) is 2. The van der Waals surface area contributed by atoms with Gasteiger partial charge in [-0.3, -0.25) is 9.89 Å². The first-order valence-electron chi connectivity index (χ1n) is 13.2. The Morgan fingerprint density at radius 1 is 1.00 bits per heavy atom. The number of hydrogen-bond donors (Lipinski definition) is 3. The van der Waals surface area contributed by atoms with Gasteiger partial charge in [0.2, 0.25) is 0 Å². The number of ether oxygens (including phenoxy) is 2. The third-order valence-electron chi connectivity index (χ3n) is 7.03. The molecule has 0 aliphatic carbocycles. The summed E-state index contributed by atoms with van der Waals surface area (Å²) in [5.41, 5.74) is 5.51. The van der Waals surface area contributed by atoms with Gasteiger partial charge in [-0.25, -0.2) is 4.98 Å². The number of benzene rings is 3. The van der Waals surface area contributed by atoms with Crippen LogP contribution in [0.4, 0.5) is 0 Å². The first kappa shape index (κ1) is 30.8. The van der Waals surface area contributed by atoms with Gasteiger partial charge in [0, 0.05) is 23.8 Å². The normalized spacial score (nSPS) is 20.8. The number of alkyl halides is 3. The summed E-state index contributed by atoms with van der Waals surface area (Å²) >= 11 is 18.6. The molecule has 0 radical (unpaired) electrons.